The Balaban J connectivity index is 1.36. The third kappa shape index (κ3) is 4.16. The number of rotatable bonds is 7. The highest BCUT2D eigenvalue weighted by Crippen LogP contribution is 2.44. The van der Waals surface area contributed by atoms with Gasteiger partial charge in [0, 0.05) is 23.6 Å². The van der Waals surface area contributed by atoms with Crippen molar-refractivity contribution in [2.45, 2.75) is 5.92 Å². The van der Waals surface area contributed by atoms with E-state index in [2.05, 4.69) is 29.6 Å². The Kier molecular flexibility index (Phi) is 6.03. The van der Waals surface area contributed by atoms with Gasteiger partial charge < -0.3 is 10.1 Å². The summed E-state index contributed by atoms with van der Waals surface area (Å²) in [7, 11) is 0. The third-order valence-corrected chi connectivity index (χ3v) is 5.42. The second-order valence-corrected chi connectivity index (χ2v) is 7.19. The molecule has 0 bridgehead atoms. The minimum atomic E-state index is -0.522. The first-order valence-electron chi connectivity index (χ1n) is 10.0. The highest BCUT2D eigenvalue weighted by molar-refractivity contribution is 5.90. The Hall–Kier alpha value is -3.99. The molecule has 3 aromatic rings. The lowest BCUT2D eigenvalue weighted by Gasteiger charge is -2.14. The minimum absolute atomic E-state index is 0.00306. The largest absolute Gasteiger partial charge is 0.449 e. The van der Waals surface area contributed by atoms with Crippen LogP contribution < -0.4 is 5.32 Å². The molecule has 154 valence electrons. The average molecular weight is 411 g/mol. The molecule has 0 atom stereocenters. The Morgan fingerprint density at radius 3 is 2.00 bits per heavy atom. The molecule has 1 aliphatic rings. The van der Waals surface area contributed by atoms with Crippen LogP contribution in [0.15, 0.2) is 72.8 Å². The van der Waals surface area contributed by atoms with E-state index in [1.165, 1.54) is 11.1 Å². The van der Waals surface area contributed by atoms with E-state index in [4.69, 9.17) is 4.74 Å². The zero-order chi connectivity index (χ0) is 21.6. The molecule has 5 nitrogen and oxygen atoms in total. The van der Waals surface area contributed by atoms with Gasteiger partial charge in [-0.05, 0) is 27.8 Å². The van der Waals surface area contributed by atoms with E-state index >= 15 is 0 Å². The number of fused-ring (bicyclic) bond motifs is 3. The van der Waals surface area contributed by atoms with E-state index in [0.717, 1.165) is 11.1 Å². The van der Waals surface area contributed by atoms with Gasteiger partial charge in [0.25, 0.3) is 0 Å². The number of amides is 1. The molecule has 0 spiro atoms. The van der Waals surface area contributed by atoms with Gasteiger partial charge in [-0.2, -0.15) is 0 Å². The van der Waals surface area contributed by atoms with E-state index in [-0.39, 0.29) is 19.1 Å². The van der Waals surface area contributed by atoms with Crippen LogP contribution >= 0.6 is 0 Å². The van der Waals surface area contributed by atoms with Crippen molar-refractivity contribution in [3.63, 3.8) is 0 Å². The fraction of sp³-hybridized carbons (Fsp3) is 0.115. The number of benzene rings is 3. The van der Waals surface area contributed by atoms with Gasteiger partial charge in [-0.25, -0.2) is 4.79 Å². The maximum absolute atomic E-state index is 12.2. The van der Waals surface area contributed by atoms with E-state index in [9.17, 15) is 14.4 Å². The smallest absolute Gasteiger partial charge is 0.407 e. The van der Waals surface area contributed by atoms with Crippen molar-refractivity contribution in [3.8, 4) is 11.1 Å². The van der Waals surface area contributed by atoms with Crippen LogP contribution in [-0.4, -0.2) is 31.8 Å². The Bertz CT molecular complexity index is 1090. The normalized spacial score (nSPS) is 12.3. The molecule has 1 N–H and O–H groups in total. The lowest BCUT2D eigenvalue weighted by atomic mass is 9.98. The molecule has 0 saturated carbocycles. The molecule has 0 fully saturated rings. The SMILES string of the molecule is O=Cc1cccc(C=O)c1C=CCNC(=O)OCC1c2ccccc2-c2ccccc21. The Morgan fingerprint density at radius 1 is 0.839 bits per heavy atom. The molecular weight excluding hydrogens is 390 g/mol. The van der Waals surface area contributed by atoms with Gasteiger partial charge in [-0.1, -0.05) is 78.9 Å². The number of alkyl carbamates (subject to hydrolysis) is 1. The van der Waals surface area contributed by atoms with Crippen molar-refractivity contribution < 1.29 is 19.1 Å². The molecule has 1 amide bonds. The summed E-state index contributed by atoms with van der Waals surface area (Å²) >= 11 is 0. The molecule has 1 aliphatic carbocycles. The van der Waals surface area contributed by atoms with E-state index in [1.807, 2.05) is 24.3 Å². The van der Waals surface area contributed by atoms with Crippen molar-refractivity contribution in [3.05, 3.63) is 101 Å². The standard InChI is InChI=1S/C26H21NO4/c28-15-18-7-5-8-19(16-29)20(18)13-6-14-27-26(30)31-17-25-23-11-3-1-9-21(23)22-10-2-4-12-24(22)25/h1-13,15-16,25H,14,17H2,(H,27,30). The number of aldehydes is 2. The van der Waals surface area contributed by atoms with Crippen LogP contribution in [-0.2, 0) is 4.74 Å². The first-order valence-corrected chi connectivity index (χ1v) is 10.0. The van der Waals surface area contributed by atoms with Gasteiger partial charge >= 0.3 is 6.09 Å². The minimum Gasteiger partial charge on any atom is -0.449 e. The molecular formula is C26H21NO4. The van der Waals surface area contributed by atoms with E-state index < -0.39 is 6.09 Å². The maximum Gasteiger partial charge on any atom is 0.407 e. The fourth-order valence-electron chi connectivity index (χ4n) is 3.97. The van der Waals surface area contributed by atoms with Crippen molar-refractivity contribution >= 4 is 24.7 Å². The van der Waals surface area contributed by atoms with Crippen LogP contribution in [0.5, 0.6) is 0 Å². The average Bonchev–Trinajstić information content (AvgIpc) is 3.14. The lowest BCUT2D eigenvalue weighted by Crippen LogP contribution is -2.26. The van der Waals surface area contributed by atoms with Crippen LogP contribution in [0.4, 0.5) is 4.79 Å². The second-order valence-electron chi connectivity index (χ2n) is 7.19. The molecule has 5 heteroatoms. The quantitative estimate of drug-likeness (QED) is 0.564. The Labute approximate surface area is 180 Å². The Morgan fingerprint density at radius 2 is 1.42 bits per heavy atom. The predicted octanol–water partition coefficient (Wildman–Crippen LogP) is 4.86. The maximum atomic E-state index is 12.2. The molecule has 0 unspecified atom stereocenters. The number of nitrogens with one attached hydrogen (secondary N) is 1. The molecule has 0 saturated heterocycles. The summed E-state index contributed by atoms with van der Waals surface area (Å²) in [6, 6.07) is 21.2. The van der Waals surface area contributed by atoms with Gasteiger partial charge in [-0.15, -0.1) is 0 Å². The summed E-state index contributed by atoms with van der Waals surface area (Å²) in [5.41, 5.74) is 6.03. The third-order valence-electron chi connectivity index (χ3n) is 5.42. The molecule has 0 aromatic heterocycles. The molecule has 0 heterocycles. The number of carbonyl (C=O) groups excluding carboxylic acids is 3. The predicted molar refractivity (Wildman–Crippen MR) is 119 cm³/mol. The molecule has 31 heavy (non-hydrogen) atoms. The van der Waals surface area contributed by atoms with E-state index in [1.54, 1.807) is 30.4 Å². The van der Waals surface area contributed by atoms with Crippen LogP contribution in [0.25, 0.3) is 17.2 Å². The van der Waals surface area contributed by atoms with Gasteiger partial charge in [-0.3, -0.25) is 9.59 Å². The monoisotopic (exact) mass is 411 g/mol. The number of carbonyl (C=O) groups is 3. The van der Waals surface area contributed by atoms with Crippen molar-refractivity contribution in [2.75, 3.05) is 13.2 Å². The number of hydrogen-bond donors (Lipinski definition) is 1. The topological polar surface area (TPSA) is 72.5 Å². The summed E-state index contributed by atoms with van der Waals surface area (Å²) in [4.78, 5) is 34.6. The summed E-state index contributed by atoms with van der Waals surface area (Å²) in [6.45, 7) is 0.453. The van der Waals surface area contributed by atoms with Gasteiger partial charge in [0.2, 0.25) is 0 Å². The van der Waals surface area contributed by atoms with Crippen LogP contribution in [0, 0.1) is 0 Å². The number of ether oxygens (including phenoxy) is 1. The van der Waals surface area contributed by atoms with E-state index in [0.29, 0.717) is 29.3 Å². The highest BCUT2D eigenvalue weighted by atomic mass is 16.5. The van der Waals surface area contributed by atoms with Crippen LogP contribution in [0.1, 0.15) is 43.3 Å². The molecule has 3 aromatic carbocycles. The first kappa shape index (κ1) is 20.3. The summed E-state index contributed by atoms with van der Waals surface area (Å²) in [5.74, 6) is 0.00306. The van der Waals surface area contributed by atoms with Gasteiger partial charge in [0.05, 0.1) is 0 Å². The summed E-state index contributed by atoms with van der Waals surface area (Å²) in [6.07, 6.45) is 4.21. The van der Waals surface area contributed by atoms with Crippen molar-refractivity contribution in [2.24, 2.45) is 0 Å². The molecule has 0 aliphatic heterocycles. The first-order chi connectivity index (χ1) is 15.2. The molecule has 4 rings (SSSR count). The molecule has 0 radical (unpaired) electrons. The second kappa shape index (κ2) is 9.22. The van der Waals surface area contributed by atoms with Crippen LogP contribution in [0.3, 0.4) is 0 Å². The highest BCUT2D eigenvalue weighted by Gasteiger charge is 2.28. The van der Waals surface area contributed by atoms with Gasteiger partial charge in [0.15, 0.2) is 12.6 Å². The zero-order valence-electron chi connectivity index (χ0n) is 16.8. The number of hydrogen-bond acceptors (Lipinski definition) is 4. The fourth-order valence-corrected chi connectivity index (χ4v) is 3.97. The van der Waals surface area contributed by atoms with Crippen molar-refractivity contribution in [1.82, 2.24) is 5.32 Å². The van der Waals surface area contributed by atoms with Gasteiger partial charge in [0.1, 0.15) is 6.61 Å². The zero-order valence-corrected chi connectivity index (χ0v) is 16.8. The lowest BCUT2D eigenvalue weighted by molar-refractivity contribution is 0.112. The summed E-state index contributed by atoms with van der Waals surface area (Å²) in [5, 5.41) is 2.68. The van der Waals surface area contributed by atoms with Crippen LogP contribution in [0.2, 0.25) is 0 Å². The van der Waals surface area contributed by atoms with Crippen molar-refractivity contribution in [1.29, 1.82) is 0 Å². The summed E-state index contributed by atoms with van der Waals surface area (Å²) < 4.78 is 5.49.